The number of hydrogen-bond acceptors (Lipinski definition) is 2. The number of thiazole rings is 1. The van der Waals surface area contributed by atoms with Crippen molar-refractivity contribution in [2.45, 2.75) is 12.8 Å². The molecule has 0 bridgehead atoms. The summed E-state index contributed by atoms with van der Waals surface area (Å²) in [6, 6.07) is 0. The molecule has 0 saturated carbocycles. The van der Waals surface area contributed by atoms with Crippen LogP contribution in [0.4, 0.5) is 0 Å². The Morgan fingerprint density at radius 2 is 2.20 bits per heavy atom. The topological polar surface area (TPSA) is 12.9 Å². The normalized spacial score (nSPS) is 20.0. The van der Waals surface area contributed by atoms with Gasteiger partial charge in [-0.25, -0.2) is 4.98 Å². The lowest BCUT2D eigenvalue weighted by atomic mass is 10.4. The summed E-state index contributed by atoms with van der Waals surface area (Å²) in [6.07, 6.45) is 7.79. The molecule has 1 aliphatic rings. The van der Waals surface area contributed by atoms with E-state index in [1.165, 1.54) is 29.9 Å². The van der Waals surface area contributed by atoms with Gasteiger partial charge in [-0.1, -0.05) is 11.3 Å². The summed E-state index contributed by atoms with van der Waals surface area (Å²) in [7, 11) is -0.139. The van der Waals surface area contributed by atoms with E-state index in [2.05, 4.69) is 10.4 Å². The minimum atomic E-state index is -0.139. The summed E-state index contributed by atoms with van der Waals surface area (Å²) in [5.41, 5.74) is 0. The second kappa shape index (κ2) is 2.98. The van der Waals surface area contributed by atoms with Gasteiger partial charge in [0.1, 0.15) is 0 Å². The number of hydrogen-bond donors (Lipinski definition) is 0. The van der Waals surface area contributed by atoms with Crippen LogP contribution in [0.3, 0.4) is 0 Å². The molecule has 1 aromatic heterocycles. The van der Waals surface area contributed by atoms with E-state index in [0.717, 1.165) is 0 Å². The van der Waals surface area contributed by atoms with Crippen LogP contribution in [-0.2, 0) is 0 Å². The predicted octanol–water partition coefficient (Wildman–Crippen LogP) is 1.78. The summed E-state index contributed by atoms with van der Waals surface area (Å²) in [4.78, 5) is 4.36. The van der Waals surface area contributed by atoms with Crippen LogP contribution < -0.4 is 4.75 Å². The molecule has 0 aliphatic carbocycles. The zero-order valence-electron chi connectivity index (χ0n) is 5.84. The van der Waals surface area contributed by atoms with E-state index in [1.54, 1.807) is 0 Å². The molecule has 0 amide bonds. The Labute approximate surface area is 66.2 Å². The van der Waals surface area contributed by atoms with Gasteiger partial charge >= 0.3 is 0 Å². The van der Waals surface area contributed by atoms with Gasteiger partial charge in [0.25, 0.3) is 0 Å². The molecule has 1 aromatic rings. The van der Waals surface area contributed by atoms with E-state index < -0.39 is 0 Å². The zero-order valence-corrected chi connectivity index (χ0v) is 7.66. The van der Waals surface area contributed by atoms with Crippen molar-refractivity contribution >= 4 is 24.0 Å². The van der Waals surface area contributed by atoms with Crippen LogP contribution in [0.2, 0.25) is 0 Å². The molecule has 0 spiro atoms. The summed E-state index contributed by atoms with van der Waals surface area (Å²) in [5.74, 6) is 0. The third-order valence-corrected chi connectivity index (χ3v) is 6.40. The molecular formula is C7H11NPS+. The predicted molar refractivity (Wildman–Crippen MR) is 49.0 cm³/mol. The third kappa shape index (κ3) is 1.23. The van der Waals surface area contributed by atoms with Crippen molar-refractivity contribution in [3.63, 3.8) is 0 Å². The Bertz CT molecular complexity index is 191. The summed E-state index contributed by atoms with van der Waals surface area (Å²) < 4.78 is 1.46. The minimum Gasteiger partial charge on any atom is -0.212 e. The fourth-order valence-electron chi connectivity index (χ4n) is 1.41. The van der Waals surface area contributed by atoms with Crippen LogP contribution in [0, 0.1) is 0 Å². The maximum Gasteiger partial charge on any atom is 0.234 e. The lowest BCUT2D eigenvalue weighted by Gasteiger charge is -1.92. The first-order valence-electron chi connectivity index (χ1n) is 3.71. The standard InChI is InChI=1S/C7H10NPS/c1-2-5-9(4-1)7-8-3-6-10-7/h3,6H,1-2,4-5H2/p+1. The third-order valence-electron chi connectivity index (χ3n) is 1.94. The van der Waals surface area contributed by atoms with Crippen LogP contribution in [0.1, 0.15) is 12.8 Å². The number of aromatic nitrogens is 1. The minimum absolute atomic E-state index is 0.139. The van der Waals surface area contributed by atoms with Crippen LogP contribution >= 0.6 is 19.3 Å². The van der Waals surface area contributed by atoms with E-state index >= 15 is 0 Å². The van der Waals surface area contributed by atoms with E-state index in [0.29, 0.717) is 0 Å². The molecule has 2 heterocycles. The lowest BCUT2D eigenvalue weighted by molar-refractivity contribution is 0.949. The molecule has 1 fully saturated rings. The van der Waals surface area contributed by atoms with Crippen LogP contribution in [-0.4, -0.2) is 17.3 Å². The molecule has 1 nitrogen and oxygen atoms in total. The number of nitrogens with zero attached hydrogens (tertiary/aromatic N) is 1. The van der Waals surface area contributed by atoms with Crippen molar-refractivity contribution in [2.75, 3.05) is 12.3 Å². The average Bonchev–Trinajstić information content (AvgIpc) is 2.59. The SMILES string of the molecule is c1csc([PH+]2CCCC2)n1. The first kappa shape index (κ1) is 6.75. The van der Waals surface area contributed by atoms with Crippen LogP contribution in [0.15, 0.2) is 11.6 Å². The smallest absolute Gasteiger partial charge is 0.212 e. The second-order valence-electron chi connectivity index (χ2n) is 2.65. The Morgan fingerprint density at radius 1 is 1.40 bits per heavy atom. The second-order valence-corrected chi connectivity index (χ2v) is 6.59. The molecular weight excluding hydrogens is 161 g/mol. The average molecular weight is 172 g/mol. The summed E-state index contributed by atoms with van der Waals surface area (Å²) >= 11 is 1.85. The summed E-state index contributed by atoms with van der Waals surface area (Å²) in [5, 5.41) is 2.10. The fraction of sp³-hybridized carbons (Fsp3) is 0.571. The van der Waals surface area contributed by atoms with Gasteiger partial charge in [-0.3, -0.25) is 0 Å². The monoisotopic (exact) mass is 172 g/mol. The van der Waals surface area contributed by atoms with Crippen LogP contribution in [0.5, 0.6) is 0 Å². The highest BCUT2D eigenvalue weighted by atomic mass is 32.1. The zero-order chi connectivity index (χ0) is 6.81. The van der Waals surface area contributed by atoms with Crippen molar-refractivity contribution in [2.24, 2.45) is 0 Å². The lowest BCUT2D eigenvalue weighted by Crippen LogP contribution is -1.98. The fourth-order valence-corrected chi connectivity index (χ4v) is 5.56. The number of rotatable bonds is 1. The van der Waals surface area contributed by atoms with Gasteiger partial charge in [0.15, 0.2) is 0 Å². The molecule has 10 heavy (non-hydrogen) atoms. The van der Waals surface area contributed by atoms with Crippen molar-refractivity contribution < 1.29 is 0 Å². The van der Waals surface area contributed by atoms with Crippen molar-refractivity contribution in [1.82, 2.24) is 4.98 Å². The highest BCUT2D eigenvalue weighted by Crippen LogP contribution is 2.42. The molecule has 1 saturated heterocycles. The van der Waals surface area contributed by atoms with Gasteiger partial charge in [0, 0.05) is 11.6 Å². The summed E-state index contributed by atoms with van der Waals surface area (Å²) in [6.45, 7) is 0. The van der Waals surface area contributed by atoms with Gasteiger partial charge in [0.05, 0.1) is 20.2 Å². The van der Waals surface area contributed by atoms with E-state index in [9.17, 15) is 0 Å². The first-order chi connectivity index (χ1) is 4.97. The highest BCUT2D eigenvalue weighted by molar-refractivity contribution is 7.71. The molecule has 0 radical (unpaired) electrons. The maximum atomic E-state index is 4.36. The van der Waals surface area contributed by atoms with Crippen LogP contribution in [0.25, 0.3) is 0 Å². The van der Waals surface area contributed by atoms with E-state index in [4.69, 9.17) is 0 Å². The Morgan fingerprint density at radius 3 is 2.80 bits per heavy atom. The molecule has 0 atom stereocenters. The molecule has 0 N–H and O–H groups in total. The van der Waals surface area contributed by atoms with E-state index in [-0.39, 0.29) is 7.92 Å². The highest BCUT2D eigenvalue weighted by Gasteiger charge is 2.26. The van der Waals surface area contributed by atoms with Crippen molar-refractivity contribution in [3.8, 4) is 0 Å². The van der Waals surface area contributed by atoms with Crippen molar-refractivity contribution in [1.29, 1.82) is 0 Å². The van der Waals surface area contributed by atoms with Gasteiger partial charge < -0.3 is 0 Å². The molecule has 0 unspecified atom stereocenters. The van der Waals surface area contributed by atoms with Gasteiger partial charge in [-0.2, -0.15) is 0 Å². The van der Waals surface area contributed by atoms with E-state index in [1.807, 2.05) is 17.5 Å². The first-order valence-corrected chi connectivity index (χ1v) is 6.51. The van der Waals surface area contributed by atoms with Gasteiger partial charge in [0.2, 0.25) is 4.75 Å². The Kier molecular flexibility index (Phi) is 2.01. The Hall–Kier alpha value is 0.0600. The molecule has 0 aromatic carbocycles. The quantitative estimate of drug-likeness (QED) is 0.588. The van der Waals surface area contributed by atoms with Crippen molar-refractivity contribution in [3.05, 3.63) is 11.6 Å². The molecule has 54 valence electrons. The molecule has 3 heteroatoms. The largest absolute Gasteiger partial charge is 0.234 e. The van der Waals surface area contributed by atoms with Gasteiger partial charge in [-0.15, -0.1) is 0 Å². The molecule has 1 aliphatic heterocycles. The molecule has 2 rings (SSSR count). The maximum absolute atomic E-state index is 4.36. The van der Waals surface area contributed by atoms with Gasteiger partial charge in [-0.05, 0) is 12.8 Å². The Balaban J connectivity index is 2.12.